The lowest BCUT2D eigenvalue weighted by Crippen LogP contribution is -2.04. The van der Waals surface area contributed by atoms with Gasteiger partial charge in [0.05, 0.1) is 6.21 Å². The Morgan fingerprint density at radius 3 is 2.75 bits per heavy atom. The summed E-state index contributed by atoms with van der Waals surface area (Å²) in [6.07, 6.45) is 9.79. The summed E-state index contributed by atoms with van der Waals surface area (Å²) < 4.78 is 0. The summed E-state index contributed by atoms with van der Waals surface area (Å²) in [5.41, 5.74) is 0. The summed E-state index contributed by atoms with van der Waals surface area (Å²) >= 11 is 0. The molecule has 0 heterocycles. The van der Waals surface area contributed by atoms with E-state index in [-0.39, 0.29) is 0 Å². The van der Waals surface area contributed by atoms with Gasteiger partial charge in [-0.3, -0.25) is 4.99 Å². The molecule has 0 atom stereocenters. The standard InChI is InChI=1S/C11H17N/c1-12-10-6-5-9-11-7-3-2-4-8-11/h10-11H,2-4,7-9H2,1H3. The summed E-state index contributed by atoms with van der Waals surface area (Å²) in [5, 5.41) is 0. The van der Waals surface area contributed by atoms with Gasteiger partial charge in [-0.1, -0.05) is 31.1 Å². The molecule has 0 aliphatic heterocycles. The van der Waals surface area contributed by atoms with Crippen molar-refractivity contribution in [2.24, 2.45) is 10.9 Å². The molecule has 0 bridgehead atoms. The second kappa shape index (κ2) is 5.83. The third-order valence-corrected chi connectivity index (χ3v) is 2.41. The zero-order valence-electron chi connectivity index (χ0n) is 7.84. The first-order valence-electron chi connectivity index (χ1n) is 4.82. The lowest BCUT2D eigenvalue weighted by Gasteiger charge is -2.18. The van der Waals surface area contributed by atoms with E-state index in [1.807, 2.05) is 0 Å². The first-order valence-corrected chi connectivity index (χ1v) is 4.82. The third kappa shape index (κ3) is 3.57. The molecule has 0 N–H and O–H groups in total. The van der Waals surface area contributed by atoms with Crippen LogP contribution >= 0.6 is 0 Å². The van der Waals surface area contributed by atoms with E-state index in [9.17, 15) is 0 Å². The van der Waals surface area contributed by atoms with Crippen molar-refractivity contribution in [3.8, 4) is 11.8 Å². The van der Waals surface area contributed by atoms with Crippen molar-refractivity contribution >= 4 is 6.21 Å². The molecule has 0 aromatic rings. The molecule has 1 rings (SSSR count). The van der Waals surface area contributed by atoms with Crippen molar-refractivity contribution < 1.29 is 0 Å². The fraction of sp³-hybridized carbons (Fsp3) is 0.727. The van der Waals surface area contributed by atoms with Crippen LogP contribution in [0, 0.1) is 17.8 Å². The molecule has 0 aromatic carbocycles. The molecule has 1 nitrogen and oxygen atoms in total. The number of rotatable bonds is 1. The highest BCUT2D eigenvalue weighted by atomic mass is 14.6. The maximum atomic E-state index is 3.82. The molecule has 0 amide bonds. The fourth-order valence-corrected chi connectivity index (χ4v) is 1.70. The Kier molecular flexibility index (Phi) is 4.52. The van der Waals surface area contributed by atoms with E-state index >= 15 is 0 Å². The summed E-state index contributed by atoms with van der Waals surface area (Å²) in [6.45, 7) is 0. The number of hydrogen-bond acceptors (Lipinski definition) is 1. The topological polar surface area (TPSA) is 12.4 Å². The van der Waals surface area contributed by atoms with Gasteiger partial charge >= 0.3 is 0 Å². The Hall–Kier alpha value is -0.770. The SMILES string of the molecule is CN=CC#CCC1CCCCC1. The minimum absolute atomic E-state index is 0.872. The van der Waals surface area contributed by atoms with Crippen molar-refractivity contribution in [3.05, 3.63) is 0 Å². The van der Waals surface area contributed by atoms with E-state index in [0.717, 1.165) is 12.3 Å². The average molecular weight is 163 g/mol. The summed E-state index contributed by atoms with van der Waals surface area (Å²) in [5.74, 6) is 6.97. The van der Waals surface area contributed by atoms with E-state index in [1.165, 1.54) is 32.1 Å². The number of hydrogen-bond donors (Lipinski definition) is 0. The predicted molar refractivity (Wildman–Crippen MR) is 53.4 cm³/mol. The quantitative estimate of drug-likeness (QED) is 0.416. The largest absolute Gasteiger partial charge is 0.288 e. The lowest BCUT2D eigenvalue weighted by atomic mass is 9.87. The molecule has 1 aliphatic rings. The molecule has 0 spiro atoms. The molecule has 1 saturated carbocycles. The zero-order valence-corrected chi connectivity index (χ0v) is 7.84. The Bertz CT molecular complexity index is 189. The van der Waals surface area contributed by atoms with Crippen LogP contribution in [0.4, 0.5) is 0 Å². The first-order chi connectivity index (χ1) is 5.93. The summed E-state index contributed by atoms with van der Waals surface area (Å²) in [7, 11) is 1.76. The van der Waals surface area contributed by atoms with E-state index in [2.05, 4.69) is 16.8 Å². The highest BCUT2D eigenvalue weighted by Gasteiger charge is 2.11. The maximum Gasteiger partial charge on any atom is 0.0707 e. The smallest absolute Gasteiger partial charge is 0.0707 e. The lowest BCUT2D eigenvalue weighted by molar-refractivity contribution is 0.365. The van der Waals surface area contributed by atoms with Crippen LogP contribution in [-0.2, 0) is 0 Å². The van der Waals surface area contributed by atoms with E-state index in [4.69, 9.17) is 0 Å². The van der Waals surface area contributed by atoms with Crippen molar-refractivity contribution in [1.29, 1.82) is 0 Å². The van der Waals surface area contributed by atoms with Gasteiger partial charge in [0.2, 0.25) is 0 Å². The van der Waals surface area contributed by atoms with Gasteiger partial charge in [-0.05, 0) is 18.8 Å². The van der Waals surface area contributed by atoms with Crippen molar-refractivity contribution in [3.63, 3.8) is 0 Å². The minimum Gasteiger partial charge on any atom is -0.288 e. The van der Waals surface area contributed by atoms with E-state index in [0.29, 0.717) is 0 Å². The Labute approximate surface area is 75.3 Å². The summed E-state index contributed by atoms with van der Waals surface area (Å²) in [4.78, 5) is 3.82. The Morgan fingerprint density at radius 2 is 2.08 bits per heavy atom. The number of nitrogens with zero attached hydrogens (tertiary/aromatic N) is 1. The molecule has 0 unspecified atom stereocenters. The third-order valence-electron chi connectivity index (χ3n) is 2.41. The average Bonchev–Trinajstić information content (AvgIpc) is 2.14. The van der Waals surface area contributed by atoms with Crippen LogP contribution < -0.4 is 0 Å². The molecule has 1 aliphatic carbocycles. The predicted octanol–water partition coefficient (Wildman–Crippen LogP) is 2.66. The van der Waals surface area contributed by atoms with Crippen LogP contribution in [0.15, 0.2) is 4.99 Å². The van der Waals surface area contributed by atoms with Gasteiger partial charge in [-0.25, -0.2) is 0 Å². The van der Waals surface area contributed by atoms with Gasteiger partial charge in [-0.2, -0.15) is 0 Å². The Balaban J connectivity index is 2.18. The highest BCUT2D eigenvalue weighted by Crippen LogP contribution is 2.25. The van der Waals surface area contributed by atoms with Crippen LogP contribution in [0.2, 0.25) is 0 Å². The molecule has 1 fully saturated rings. The molecular formula is C11H17N. The molecular weight excluding hydrogens is 146 g/mol. The van der Waals surface area contributed by atoms with Crippen molar-refractivity contribution in [2.75, 3.05) is 7.05 Å². The van der Waals surface area contributed by atoms with Crippen molar-refractivity contribution in [2.45, 2.75) is 38.5 Å². The van der Waals surface area contributed by atoms with Crippen molar-refractivity contribution in [1.82, 2.24) is 0 Å². The van der Waals surface area contributed by atoms with Crippen LogP contribution in [0.3, 0.4) is 0 Å². The molecule has 12 heavy (non-hydrogen) atoms. The van der Waals surface area contributed by atoms with Crippen LogP contribution in [0.5, 0.6) is 0 Å². The normalized spacial score (nSPS) is 19.1. The molecule has 1 heteroatoms. The van der Waals surface area contributed by atoms with E-state index < -0.39 is 0 Å². The maximum absolute atomic E-state index is 3.82. The van der Waals surface area contributed by atoms with Gasteiger partial charge in [0.1, 0.15) is 0 Å². The van der Waals surface area contributed by atoms with Crippen LogP contribution in [0.1, 0.15) is 38.5 Å². The van der Waals surface area contributed by atoms with Gasteiger partial charge in [0.25, 0.3) is 0 Å². The molecule has 0 aromatic heterocycles. The minimum atomic E-state index is 0.872. The molecule has 66 valence electrons. The zero-order chi connectivity index (χ0) is 8.65. The monoisotopic (exact) mass is 163 g/mol. The van der Waals surface area contributed by atoms with Crippen LogP contribution in [0.25, 0.3) is 0 Å². The second-order valence-corrected chi connectivity index (χ2v) is 3.42. The Morgan fingerprint density at radius 1 is 1.33 bits per heavy atom. The highest BCUT2D eigenvalue weighted by molar-refractivity contribution is 5.77. The molecule has 0 radical (unpaired) electrons. The number of aliphatic imine (C=N–C) groups is 1. The molecule has 0 saturated heterocycles. The van der Waals surface area contributed by atoms with Gasteiger partial charge in [0.15, 0.2) is 0 Å². The van der Waals surface area contributed by atoms with Gasteiger partial charge in [0, 0.05) is 13.5 Å². The van der Waals surface area contributed by atoms with E-state index in [1.54, 1.807) is 13.3 Å². The van der Waals surface area contributed by atoms with Gasteiger partial charge < -0.3 is 0 Å². The first kappa shape index (κ1) is 9.32. The summed E-state index contributed by atoms with van der Waals surface area (Å²) in [6, 6.07) is 0. The fourth-order valence-electron chi connectivity index (χ4n) is 1.70. The van der Waals surface area contributed by atoms with Crippen LogP contribution in [-0.4, -0.2) is 13.3 Å². The van der Waals surface area contributed by atoms with Gasteiger partial charge in [-0.15, -0.1) is 0 Å². The second-order valence-electron chi connectivity index (χ2n) is 3.42.